The topological polar surface area (TPSA) is 55.8 Å². The van der Waals surface area contributed by atoms with Crippen LogP contribution >= 0.6 is 0 Å². The van der Waals surface area contributed by atoms with Crippen molar-refractivity contribution in [3.05, 3.63) is 35.6 Å². The zero-order chi connectivity index (χ0) is 15.9. The fraction of sp³-hybridized carbons (Fsp3) is 0.500. The molecule has 1 aromatic rings. The number of ether oxygens (including phenoxy) is 2. The van der Waals surface area contributed by atoms with Gasteiger partial charge in [-0.15, -0.1) is 0 Å². The maximum atomic E-state index is 13.8. The molecule has 22 heavy (non-hydrogen) atoms. The lowest BCUT2D eigenvalue weighted by atomic mass is 10.1. The summed E-state index contributed by atoms with van der Waals surface area (Å²) in [4.78, 5) is 25.3. The molecule has 120 valence electrons. The highest BCUT2D eigenvalue weighted by atomic mass is 19.1. The second kappa shape index (κ2) is 7.89. The van der Waals surface area contributed by atoms with Gasteiger partial charge in [-0.1, -0.05) is 12.1 Å². The normalized spacial score (nSPS) is 17.3. The molecule has 0 radical (unpaired) electrons. The van der Waals surface area contributed by atoms with E-state index in [-0.39, 0.29) is 24.6 Å². The predicted octanol–water partition coefficient (Wildman–Crippen LogP) is 2.01. The Balaban J connectivity index is 2.09. The van der Waals surface area contributed by atoms with Gasteiger partial charge in [-0.25, -0.2) is 4.39 Å². The highest BCUT2D eigenvalue weighted by Gasteiger charge is 2.25. The van der Waals surface area contributed by atoms with Gasteiger partial charge in [0.2, 0.25) is 0 Å². The van der Waals surface area contributed by atoms with Crippen molar-refractivity contribution >= 4 is 11.9 Å². The van der Waals surface area contributed by atoms with E-state index in [2.05, 4.69) is 4.74 Å². The van der Waals surface area contributed by atoms with Crippen LogP contribution in [0.2, 0.25) is 0 Å². The maximum Gasteiger partial charge on any atom is 0.307 e. The van der Waals surface area contributed by atoms with Crippen molar-refractivity contribution in [3.63, 3.8) is 0 Å². The third-order valence-electron chi connectivity index (χ3n) is 3.65. The summed E-state index contributed by atoms with van der Waals surface area (Å²) in [5.74, 6) is -1.40. The second-order valence-corrected chi connectivity index (χ2v) is 5.19. The SMILES string of the molecule is COC(=O)CCN(CC1CCCO1)C(=O)c1ccccc1F. The number of hydrogen-bond donors (Lipinski definition) is 0. The molecule has 2 rings (SSSR count). The molecule has 1 heterocycles. The van der Waals surface area contributed by atoms with Gasteiger partial charge in [0.05, 0.1) is 25.2 Å². The van der Waals surface area contributed by atoms with E-state index < -0.39 is 17.7 Å². The van der Waals surface area contributed by atoms with Crippen LogP contribution in [0.25, 0.3) is 0 Å². The molecule has 0 saturated carbocycles. The van der Waals surface area contributed by atoms with E-state index in [0.29, 0.717) is 13.2 Å². The van der Waals surface area contributed by atoms with E-state index in [0.717, 1.165) is 12.8 Å². The molecule has 0 N–H and O–H groups in total. The van der Waals surface area contributed by atoms with E-state index in [1.807, 2.05) is 0 Å². The molecule has 1 aliphatic rings. The molecule has 1 fully saturated rings. The van der Waals surface area contributed by atoms with Crippen LogP contribution in [0.4, 0.5) is 4.39 Å². The minimum absolute atomic E-state index is 0.00497. The molecule has 1 aliphatic heterocycles. The molecule has 1 atom stereocenters. The highest BCUT2D eigenvalue weighted by molar-refractivity contribution is 5.94. The van der Waals surface area contributed by atoms with Gasteiger partial charge in [0.1, 0.15) is 5.82 Å². The van der Waals surface area contributed by atoms with Gasteiger partial charge in [-0.2, -0.15) is 0 Å². The van der Waals surface area contributed by atoms with Crippen molar-refractivity contribution in [1.82, 2.24) is 4.90 Å². The molecular weight excluding hydrogens is 289 g/mol. The molecule has 1 saturated heterocycles. The summed E-state index contributed by atoms with van der Waals surface area (Å²) in [6, 6.07) is 5.84. The molecule has 1 amide bonds. The predicted molar refractivity (Wildman–Crippen MR) is 77.9 cm³/mol. The Hall–Kier alpha value is -1.95. The van der Waals surface area contributed by atoms with E-state index >= 15 is 0 Å². The Labute approximate surface area is 129 Å². The summed E-state index contributed by atoms with van der Waals surface area (Å²) >= 11 is 0. The zero-order valence-corrected chi connectivity index (χ0v) is 12.6. The summed E-state index contributed by atoms with van der Waals surface area (Å²) in [6.45, 7) is 1.20. The fourth-order valence-electron chi connectivity index (χ4n) is 2.44. The van der Waals surface area contributed by atoms with E-state index in [1.54, 1.807) is 6.07 Å². The van der Waals surface area contributed by atoms with Crippen LogP contribution in [-0.2, 0) is 14.3 Å². The van der Waals surface area contributed by atoms with Crippen LogP contribution in [0.1, 0.15) is 29.6 Å². The van der Waals surface area contributed by atoms with Crippen LogP contribution in [0.15, 0.2) is 24.3 Å². The van der Waals surface area contributed by atoms with E-state index in [9.17, 15) is 14.0 Å². The summed E-state index contributed by atoms with van der Waals surface area (Å²) in [7, 11) is 1.30. The van der Waals surface area contributed by atoms with Crippen LogP contribution in [0.3, 0.4) is 0 Å². The van der Waals surface area contributed by atoms with Crippen molar-refractivity contribution in [1.29, 1.82) is 0 Å². The molecule has 5 nitrogen and oxygen atoms in total. The monoisotopic (exact) mass is 309 g/mol. The Kier molecular flexibility index (Phi) is 5.89. The lowest BCUT2D eigenvalue weighted by Crippen LogP contribution is -2.39. The number of carbonyl (C=O) groups excluding carboxylic acids is 2. The molecule has 1 unspecified atom stereocenters. The van der Waals surface area contributed by atoms with Crippen molar-refractivity contribution in [2.24, 2.45) is 0 Å². The van der Waals surface area contributed by atoms with Crippen LogP contribution in [-0.4, -0.2) is 49.7 Å². The smallest absolute Gasteiger partial charge is 0.307 e. The van der Waals surface area contributed by atoms with E-state index in [4.69, 9.17) is 4.74 Å². The number of rotatable bonds is 6. The molecular formula is C16H20FNO4. The Bertz CT molecular complexity index is 529. The molecule has 1 aromatic carbocycles. The van der Waals surface area contributed by atoms with Gasteiger partial charge in [-0.05, 0) is 25.0 Å². The molecule has 0 aromatic heterocycles. The quantitative estimate of drug-likeness (QED) is 0.754. The number of methoxy groups -OCH3 is 1. The first-order valence-corrected chi connectivity index (χ1v) is 7.34. The van der Waals surface area contributed by atoms with Crippen LogP contribution < -0.4 is 0 Å². The van der Waals surface area contributed by atoms with Gasteiger partial charge in [-0.3, -0.25) is 9.59 Å². The van der Waals surface area contributed by atoms with Crippen molar-refractivity contribution in [3.8, 4) is 0 Å². The van der Waals surface area contributed by atoms with Crippen LogP contribution in [0.5, 0.6) is 0 Å². The lowest BCUT2D eigenvalue weighted by Gasteiger charge is -2.25. The molecule has 0 bridgehead atoms. The first-order valence-electron chi connectivity index (χ1n) is 7.34. The highest BCUT2D eigenvalue weighted by Crippen LogP contribution is 2.16. The average Bonchev–Trinajstić information content (AvgIpc) is 3.04. The first-order chi connectivity index (χ1) is 10.6. The number of benzene rings is 1. The summed E-state index contributed by atoms with van der Waals surface area (Å²) in [6.07, 6.45) is 1.82. The van der Waals surface area contributed by atoms with Gasteiger partial charge in [0.25, 0.3) is 5.91 Å². The summed E-state index contributed by atoms with van der Waals surface area (Å²) in [5, 5.41) is 0. The van der Waals surface area contributed by atoms with E-state index in [1.165, 1.54) is 30.2 Å². The van der Waals surface area contributed by atoms with Gasteiger partial charge in [0.15, 0.2) is 0 Å². The standard InChI is InChI=1S/C16H20FNO4/c1-21-15(19)8-9-18(11-12-5-4-10-22-12)16(20)13-6-2-3-7-14(13)17/h2-3,6-7,12H,4-5,8-11H2,1H3. The minimum atomic E-state index is -0.567. The maximum absolute atomic E-state index is 13.8. The number of hydrogen-bond acceptors (Lipinski definition) is 4. The lowest BCUT2D eigenvalue weighted by molar-refractivity contribution is -0.140. The Morgan fingerprint density at radius 2 is 2.18 bits per heavy atom. The molecule has 0 spiro atoms. The Morgan fingerprint density at radius 1 is 1.41 bits per heavy atom. The van der Waals surface area contributed by atoms with Crippen molar-refractivity contribution < 1.29 is 23.5 Å². The Morgan fingerprint density at radius 3 is 2.82 bits per heavy atom. The average molecular weight is 309 g/mol. The minimum Gasteiger partial charge on any atom is -0.469 e. The zero-order valence-electron chi connectivity index (χ0n) is 12.6. The largest absolute Gasteiger partial charge is 0.469 e. The van der Waals surface area contributed by atoms with Gasteiger partial charge in [0, 0.05) is 19.7 Å². The second-order valence-electron chi connectivity index (χ2n) is 5.19. The third-order valence-corrected chi connectivity index (χ3v) is 3.65. The van der Waals surface area contributed by atoms with Gasteiger partial charge < -0.3 is 14.4 Å². The first kappa shape index (κ1) is 16.4. The number of amides is 1. The van der Waals surface area contributed by atoms with Crippen molar-refractivity contribution in [2.45, 2.75) is 25.4 Å². The number of halogens is 1. The number of esters is 1. The fourth-order valence-corrected chi connectivity index (χ4v) is 2.44. The summed E-state index contributed by atoms with van der Waals surface area (Å²) < 4.78 is 23.9. The third kappa shape index (κ3) is 4.27. The van der Waals surface area contributed by atoms with Gasteiger partial charge >= 0.3 is 5.97 Å². The molecule has 0 aliphatic carbocycles. The summed E-state index contributed by atoms with van der Waals surface area (Å²) in [5.41, 5.74) is 0.00497. The number of nitrogens with zero attached hydrogens (tertiary/aromatic N) is 1. The van der Waals surface area contributed by atoms with Crippen LogP contribution in [0, 0.1) is 5.82 Å². The van der Waals surface area contributed by atoms with Crippen molar-refractivity contribution in [2.75, 3.05) is 26.8 Å². The number of carbonyl (C=O) groups is 2. The molecule has 6 heteroatoms.